The number of aliphatic hydroxyl groups excluding tert-OH is 1. The van der Waals surface area contributed by atoms with Crippen molar-refractivity contribution in [3.05, 3.63) is 29.8 Å². The molecule has 1 aromatic carbocycles. The van der Waals surface area contributed by atoms with Gasteiger partial charge in [-0.25, -0.2) is 0 Å². The van der Waals surface area contributed by atoms with E-state index in [-0.39, 0.29) is 11.7 Å². The molecule has 0 aromatic heterocycles. The number of ether oxygens (including phenoxy) is 1. The van der Waals surface area contributed by atoms with Gasteiger partial charge < -0.3 is 15.2 Å². The number of nitrogens with one attached hydrogen (secondary N) is 1. The minimum Gasteiger partial charge on any atom is -0.406 e. The molecule has 6 heteroatoms. The minimum absolute atomic E-state index is 0.0230. The number of piperidine rings is 1. The smallest absolute Gasteiger partial charge is 0.406 e. The van der Waals surface area contributed by atoms with Crippen LogP contribution < -0.4 is 10.1 Å². The van der Waals surface area contributed by atoms with Crippen molar-refractivity contribution < 1.29 is 23.0 Å². The molecule has 0 bridgehead atoms. The third-order valence-corrected chi connectivity index (χ3v) is 3.21. The van der Waals surface area contributed by atoms with E-state index in [4.69, 9.17) is 0 Å². The van der Waals surface area contributed by atoms with Crippen LogP contribution in [0.2, 0.25) is 0 Å². The molecule has 1 saturated heterocycles. The Morgan fingerprint density at radius 2 is 2.16 bits per heavy atom. The summed E-state index contributed by atoms with van der Waals surface area (Å²) in [5.41, 5.74) is 0.454. The fourth-order valence-corrected chi connectivity index (χ4v) is 2.32. The molecule has 0 saturated carbocycles. The van der Waals surface area contributed by atoms with Crippen LogP contribution in [-0.4, -0.2) is 24.6 Å². The van der Waals surface area contributed by atoms with Crippen LogP contribution in [0.5, 0.6) is 5.75 Å². The van der Waals surface area contributed by atoms with Crippen LogP contribution >= 0.6 is 0 Å². The average molecular weight is 275 g/mol. The van der Waals surface area contributed by atoms with E-state index in [0.717, 1.165) is 19.4 Å². The van der Waals surface area contributed by atoms with E-state index in [1.54, 1.807) is 6.07 Å². The van der Waals surface area contributed by atoms with Gasteiger partial charge in [0.2, 0.25) is 0 Å². The highest BCUT2D eigenvalue weighted by Gasteiger charge is 2.31. The molecule has 1 aliphatic heterocycles. The molecule has 0 radical (unpaired) electrons. The van der Waals surface area contributed by atoms with E-state index in [1.165, 1.54) is 18.2 Å². The van der Waals surface area contributed by atoms with Crippen LogP contribution in [0.4, 0.5) is 13.2 Å². The van der Waals surface area contributed by atoms with Gasteiger partial charge in [0, 0.05) is 12.5 Å². The molecule has 106 valence electrons. The number of rotatable bonds is 3. The molecule has 3 nitrogen and oxygen atoms in total. The summed E-state index contributed by atoms with van der Waals surface area (Å²) >= 11 is 0. The third kappa shape index (κ3) is 4.11. The normalized spacial score (nSPS) is 22.0. The van der Waals surface area contributed by atoms with Crippen molar-refractivity contribution in [1.82, 2.24) is 5.32 Å². The number of hydrogen-bond acceptors (Lipinski definition) is 3. The van der Waals surface area contributed by atoms with Crippen molar-refractivity contribution in [2.75, 3.05) is 13.1 Å². The Balaban J connectivity index is 2.09. The molecule has 1 aromatic rings. The first-order valence-corrected chi connectivity index (χ1v) is 6.20. The molecular weight excluding hydrogens is 259 g/mol. The van der Waals surface area contributed by atoms with Gasteiger partial charge in [-0.3, -0.25) is 0 Å². The molecule has 1 heterocycles. The number of hydrogen-bond donors (Lipinski definition) is 2. The van der Waals surface area contributed by atoms with Gasteiger partial charge in [-0.1, -0.05) is 12.1 Å². The molecule has 0 amide bonds. The Kier molecular flexibility index (Phi) is 4.31. The first-order valence-electron chi connectivity index (χ1n) is 6.20. The number of halogens is 3. The summed E-state index contributed by atoms with van der Waals surface area (Å²) in [4.78, 5) is 0. The zero-order valence-corrected chi connectivity index (χ0v) is 10.3. The molecule has 19 heavy (non-hydrogen) atoms. The van der Waals surface area contributed by atoms with Crippen LogP contribution in [0.3, 0.4) is 0 Å². The Morgan fingerprint density at radius 3 is 2.79 bits per heavy atom. The molecule has 2 N–H and O–H groups in total. The summed E-state index contributed by atoms with van der Waals surface area (Å²) in [5.74, 6) is -0.275. The summed E-state index contributed by atoms with van der Waals surface area (Å²) in [6.45, 7) is 1.59. The zero-order chi connectivity index (χ0) is 13.9. The van der Waals surface area contributed by atoms with E-state index < -0.39 is 12.5 Å². The highest BCUT2D eigenvalue weighted by atomic mass is 19.4. The molecule has 0 spiro atoms. The van der Waals surface area contributed by atoms with Gasteiger partial charge in [0.05, 0.1) is 6.10 Å². The Hall–Kier alpha value is -1.27. The van der Waals surface area contributed by atoms with Crippen molar-refractivity contribution in [2.45, 2.75) is 25.3 Å². The fraction of sp³-hybridized carbons (Fsp3) is 0.538. The van der Waals surface area contributed by atoms with Crippen molar-refractivity contribution in [3.8, 4) is 5.75 Å². The van der Waals surface area contributed by atoms with Gasteiger partial charge in [-0.2, -0.15) is 0 Å². The molecule has 2 unspecified atom stereocenters. The second-order valence-electron chi connectivity index (χ2n) is 4.67. The second-order valence-corrected chi connectivity index (χ2v) is 4.67. The maximum absolute atomic E-state index is 12.1. The predicted molar refractivity (Wildman–Crippen MR) is 63.7 cm³/mol. The van der Waals surface area contributed by atoms with E-state index in [0.29, 0.717) is 12.1 Å². The SMILES string of the molecule is OC(c1cccc(OC(F)(F)F)c1)C1CCCNC1. The van der Waals surface area contributed by atoms with E-state index >= 15 is 0 Å². The van der Waals surface area contributed by atoms with Crippen LogP contribution in [0, 0.1) is 5.92 Å². The summed E-state index contributed by atoms with van der Waals surface area (Å²) in [7, 11) is 0. The maximum atomic E-state index is 12.1. The second kappa shape index (κ2) is 5.79. The largest absolute Gasteiger partial charge is 0.573 e. The Bertz CT molecular complexity index is 417. The van der Waals surface area contributed by atoms with Crippen LogP contribution in [-0.2, 0) is 0 Å². The molecule has 1 fully saturated rings. The quantitative estimate of drug-likeness (QED) is 0.891. The van der Waals surface area contributed by atoms with E-state index in [9.17, 15) is 18.3 Å². The van der Waals surface area contributed by atoms with Crippen LogP contribution in [0.1, 0.15) is 24.5 Å². The highest BCUT2D eigenvalue weighted by molar-refractivity contribution is 5.30. The number of aliphatic hydroxyl groups is 1. The highest BCUT2D eigenvalue weighted by Crippen LogP contribution is 2.30. The third-order valence-electron chi connectivity index (χ3n) is 3.21. The van der Waals surface area contributed by atoms with Crippen LogP contribution in [0.15, 0.2) is 24.3 Å². The minimum atomic E-state index is -4.71. The molecule has 2 atom stereocenters. The van der Waals surface area contributed by atoms with Crippen molar-refractivity contribution in [3.63, 3.8) is 0 Å². The summed E-state index contributed by atoms with van der Waals surface area (Å²) < 4.78 is 40.3. The van der Waals surface area contributed by atoms with Crippen LogP contribution in [0.25, 0.3) is 0 Å². The topological polar surface area (TPSA) is 41.5 Å². The summed E-state index contributed by atoms with van der Waals surface area (Å²) in [6, 6.07) is 5.54. The van der Waals surface area contributed by atoms with Crippen molar-refractivity contribution in [2.24, 2.45) is 5.92 Å². The van der Waals surface area contributed by atoms with Crippen molar-refractivity contribution in [1.29, 1.82) is 0 Å². The molecule has 2 rings (SSSR count). The first kappa shape index (κ1) is 14.1. The first-order chi connectivity index (χ1) is 8.96. The zero-order valence-electron chi connectivity index (χ0n) is 10.3. The lowest BCUT2D eigenvalue weighted by Crippen LogP contribution is -2.33. The summed E-state index contributed by atoms with van der Waals surface area (Å²) in [6.07, 6.45) is -3.67. The van der Waals surface area contributed by atoms with Gasteiger partial charge in [-0.15, -0.1) is 13.2 Å². The van der Waals surface area contributed by atoms with Gasteiger partial charge >= 0.3 is 6.36 Å². The molecule has 0 aliphatic carbocycles. The number of benzene rings is 1. The molecular formula is C13H16F3NO2. The Morgan fingerprint density at radius 1 is 1.37 bits per heavy atom. The monoisotopic (exact) mass is 275 g/mol. The van der Waals surface area contributed by atoms with Gasteiger partial charge in [0.1, 0.15) is 5.75 Å². The lowest BCUT2D eigenvalue weighted by molar-refractivity contribution is -0.274. The van der Waals surface area contributed by atoms with E-state index in [2.05, 4.69) is 10.1 Å². The van der Waals surface area contributed by atoms with Gasteiger partial charge in [-0.05, 0) is 37.1 Å². The van der Waals surface area contributed by atoms with Gasteiger partial charge in [0.25, 0.3) is 0 Å². The predicted octanol–water partition coefficient (Wildman–Crippen LogP) is 2.62. The summed E-state index contributed by atoms with van der Waals surface area (Å²) in [5, 5.41) is 13.4. The number of alkyl halides is 3. The van der Waals surface area contributed by atoms with Gasteiger partial charge in [0.15, 0.2) is 0 Å². The standard InChI is InChI=1S/C13H16F3NO2/c14-13(15,16)19-11-5-1-3-9(7-11)12(18)10-4-2-6-17-8-10/h1,3,5,7,10,12,17-18H,2,4,6,8H2. The van der Waals surface area contributed by atoms with E-state index in [1.807, 2.05) is 0 Å². The maximum Gasteiger partial charge on any atom is 0.573 e. The fourth-order valence-electron chi connectivity index (χ4n) is 2.32. The lowest BCUT2D eigenvalue weighted by Gasteiger charge is -2.27. The average Bonchev–Trinajstić information content (AvgIpc) is 2.37. The molecule has 1 aliphatic rings. The Labute approximate surface area is 109 Å². The lowest BCUT2D eigenvalue weighted by atomic mass is 9.89. The van der Waals surface area contributed by atoms with Crippen molar-refractivity contribution >= 4 is 0 Å².